The van der Waals surface area contributed by atoms with Gasteiger partial charge in [-0.15, -0.1) is 0 Å². The first-order valence-corrected chi connectivity index (χ1v) is 9.82. The highest BCUT2D eigenvalue weighted by Crippen LogP contribution is 2.33. The standard InChI is InChI=1S/C21H30N2O4/c1-20(2,18(24)22-12-6-9-17-7-4-3-5-8-17)19(25)23-13-10-21(11-14-23)26-15-16-27-21/h3-5,7-8H,6,9-16H2,1-2H3,(H,22,24). The normalized spacial score (nSPS) is 19.3. The number of likely N-dealkylation sites (tertiary alicyclic amines) is 1. The summed E-state index contributed by atoms with van der Waals surface area (Å²) in [4.78, 5) is 27.3. The average Bonchev–Trinajstić information content (AvgIpc) is 3.14. The number of carbonyl (C=O) groups excluding carboxylic acids is 2. The van der Waals surface area contributed by atoms with Crippen LogP contribution in [-0.2, 0) is 25.5 Å². The highest BCUT2D eigenvalue weighted by molar-refractivity contribution is 6.04. The number of amides is 2. The highest BCUT2D eigenvalue weighted by Gasteiger charge is 2.45. The lowest BCUT2D eigenvalue weighted by atomic mass is 9.89. The molecular formula is C21H30N2O4. The maximum Gasteiger partial charge on any atom is 0.237 e. The molecule has 0 saturated carbocycles. The molecule has 0 atom stereocenters. The molecule has 2 saturated heterocycles. The van der Waals surface area contributed by atoms with Crippen molar-refractivity contribution < 1.29 is 19.1 Å². The van der Waals surface area contributed by atoms with E-state index in [2.05, 4.69) is 17.4 Å². The van der Waals surface area contributed by atoms with Crippen molar-refractivity contribution in [3.05, 3.63) is 35.9 Å². The van der Waals surface area contributed by atoms with Gasteiger partial charge in [-0.3, -0.25) is 9.59 Å². The summed E-state index contributed by atoms with van der Waals surface area (Å²) in [7, 11) is 0. The molecule has 0 radical (unpaired) electrons. The Bertz CT molecular complexity index is 643. The molecule has 2 aliphatic rings. The van der Waals surface area contributed by atoms with E-state index in [-0.39, 0.29) is 11.8 Å². The molecule has 1 spiro atoms. The second-order valence-electron chi connectivity index (χ2n) is 7.87. The van der Waals surface area contributed by atoms with Gasteiger partial charge < -0.3 is 19.7 Å². The average molecular weight is 374 g/mol. The number of aryl methyl sites for hydroxylation is 1. The molecule has 1 N–H and O–H groups in total. The fraction of sp³-hybridized carbons (Fsp3) is 0.619. The molecule has 3 rings (SSSR count). The Morgan fingerprint density at radius 1 is 1.11 bits per heavy atom. The van der Waals surface area contributed by atoms with Crippen LogP contribution in [0.15, 0.2) is 30.3 Å². The van der Waals surface area contributed by atoms with Crippen LogP contribution in [0.25, 0.3) is 0 Å². The summed E-state index contributed by atoms with van der Waals surface area (Å²) >= 11 is 0. The molecule has 2 fully saturated rings. The molecule has 2 aliphatic heterocycles. The second kappa shape index (κ2) is 8.40. The molecule has 6 heteroatoms. The lowest BCUT2D eigenvalue weighted by molar-refractivity contribution is -0.189. The minimum Gasteiger partial charge on any atom is -0.355 e. The summed E-state index contributed by atoms with van der Waals surface area (Å²) in [5.41, 5.74) is 0.176. The lowest BCUT2D eigenvalue weighted by Gasteiger charge is -2.40. The van der Waals surface area contributed by atoms with Crippen LogP contribution in [0.2, 0.25) is 0 Å². The Balaban J connectivity index is 1.44. The van der Waals surface area contributed by atoms with Crippen LogP contribution in [0.1, 0.15) is 38.7 Å². The Morgan fingerprint density at radius 2 is 1.74 bits per heavy atom. The second-order valence-corrected chi connectivity index (χ2v) is 7.87. The molecule has 0 bridgehead atoms. The van der Waals surface area contributed by atoms with Crippen LogP contribution in [0.4, 0.5) is 0 Å². The molecule has 27 heavy (non-hydrogen) atoms. The molecule has 2 heterocycles. The fourth-order valence-electron chi connectivity index (χ4n) is 3.69. The summed E-state index contributed by atoms with van der Waals surface area (Å²) in [6.07, 6.45) is 3.08. The Morgan fingerprint density at radius 3 is 2.37 bits per heavy atom. The summed E-state index contributed by atoms with van der Waals surface area (Å²) in [6, 6.07) is 10.2. The highest BCUT2D eigenvalue weighted by atomic mass is 16.7. The van der Waals surface area contributed by atoms with Crippen LogP contribution < -0.4 is 5.32 Å². The third kappa shape index (κ3) is 4.68. The van der Waals surface area contributed by atoms with Crippen molar-refractivity contribution in [3.63, 3.8) is 0 Å². The van der Waals surface area contributed by atoms with E-state index in [0.717, 1.165) is 12.8 Å². The number of nitrogens with one attached hydrogen (secondary N) is 1. The van der Waals surface area contributed by atoms with E-state index >= 15 is 0 Å². The monoisotopic (exact) mass is 374 g/mol. The van der Waals surface area contributed by atoms with Crippen LogP contribution in [0.5, 0.6) is 0 Å². The summed E-state index contributed by atoms with van der Waals surface area (Å²) < 4.78 is 11.4. The minimum atomic E-state index is -1.07. The number of ether oxygens (including phenoxy) is 2. The van der Waals surface area contributed by atoms with E-state index < -0.39 is 11.2 Å². The first kappa shape index (κ1) is 19.8. The predicted molar refractivity (Wildman–Crippen MR) is 102 cm³/mol. The van der Waals surface area contributed by atoms with Gasteiger partial charge in [0.25, 0.3) is 0 Å². The zero-order chi connectivity index (χ0) is 19.3. The Hall–Kier alpha value is -1.92. The van der Waals surface area contributed by atoms with E-state index in [9.17, 15) is 9.59 Å². The largest absolute Gasteiger partial charge is 0.355 e. The van der Waals surface area contributed by atoms with E-state index in [4.69, 9.17) is 9.47 Å². The number of hydrogen-bond acceptors (Lipinski definition) is 4. The third-order valence-corrected chi connectivity index (χ3v) is 5.50. The SMILES string of the molecule is CC(C)(C(=O)NCCCc1ccccc1)C(=O)N1CCC2(CC1)OCCO2. The number of rotatable bonds is 6. The maximum atomic E-state index is 12.9. The van der Waals surface area contributed by atoms with Gasteiger partial charge in [0.2, 0.25) is 11.8 Å². The topological polar surface area (TPSA) is 67.9 Å². The van der Waals surface area contributed by atoms with Gasteiger partial charge in [0, 0.05) is 32.5 Å². The van der Waals surface area contributed by atoms with E-state index in [1.54, 1.807) is 18.7 Å². The minimum absolute atomic E-state index is 0.129. The number of nitrogens with zero attached hydrogens (tertiary/aromatic N) is 1. The molecular weight excluding hydrogens is 344 g/mol. The van der Waals surface area contributed by atoms with Gasteiger partial charge >= 0.3 is 0 Å². The summed E-state index contributed by atoms with van der Waals surface area (Å²) in [5.74, 6) is -0.856. The first-order valence-electron chi connectivity index (χ1n) is 9.82. The van der Waals surface area contributed by atoms with E-state index in [1.165, 1.54) is 5.56 Å². The predicted octanol–water partition coefficient (Wildman–Crippen LogP) is 2.13. The van der Waals surface area contributed by atoms with Gasteiger partial charge in [-0.1, -0.05) is 30.3 Å². The molecule has 0 unspecified atom stereocenters. The van der Waals surface area contributed by atoms with Crippen molar-refractivity contribution in [1.82, 2.24) is 10.2 Å². The maximum absolute atomic E-state index is 12.9. The molecule has 6 nitrogen and oxygen atoms in total. The van der Waals surface area contributed by atoms with E-state index in [1.807, 2.05) is 18.2 Å². The van der Waals surface area contributed by atoms with Crippen molar-refractivity contribution in [2.24, 2.45) is 5.41 Å². The van der Waals surface area contributed by atoms with Crippen LogP contribution in [-0.4, -0.2) is 55.3 Å². The van der Waals surface area contributed by atoms with Crippen molar-refractivity contribution >= 4 is 11.8 Å². The smallest absolute Gasteiger partial charge is 0.237 e. The molecule has 0 aromatic heterocycles. The zero-order valence-corrected chi connectivity index (χ0v) is 16.3. The summed E-state index contributed by atoms with van der Waals surface area (Å²) in [5, 5.41) is 2.93. The van der Waals surface area contributed by atoms with Gasteiger partial charge in [0.15, 0.2) is 5.79 Å². The third-order valence-electron chi connectivity index (χ3n) is 5.50. The van der Waals surface area contributed by atoms with Gasteiger partial charge in [-0.25, -0.2) is 0 Å². The van der Waals surface area contributed by atoms with Crippen molar-refractivity contribution in [3.8, 4) is 0 Å². The lowest BCUT2D eigenvalue weighted by Crippen LogP contribution is -2.54. The van der Waals surface area contributed by atoms with Gasteiger partial charge in [0.05, 0.1) is 13.2 Å². The number of hydrogen-bond donors (Lipinski definition) is 1. The number of piperidine rings is 1. The summed E-state index contributed by atoms with van der Waals surface area (Å²) in [6.45, 7) is 6.32. The fourth-order valence-corrected chi connectivity index (χ4v) is 3.69. The Kier molecular flexibility index (Phi) is 6.17. The zero-order valence-electron chi connectivity index (χ0n) is 16.3. The van der Waals surface area contributed by atoms with Crippen molar-refractivity contribution in [1.29, 1.82) is 0 Å². The van der Waals surface area contributed by atoms with Gasteiger partial charge in [0.1, 0.15) is 5.41 Å². The quantitative estimate of drug-likeness (QED) is 0.612. The molecule has 1 aromatic rings. The van der Waals surface area contributed by atoms with Crippen LogP contribution in [0.3, 0.4) is 0 Å². The van der Waals surface area contributed by atoms with Crippen molar-refractivity contribution in [2.45, 2.75) is 45.3 Å². The molecule has 1 aromatic carbocycles. The Labute approximate surface area is 161 Å². The van der Waals surface area contributed by atoms with E-state index in [0.29, 0.717) is 45.7 Å². The van der Waals surface area contributed by atoms with Crippen molar-refractivity contribution in [2.75, 3.05) is 32.8 Å². The first-order chi connectivity index (χ1) is 12.9. The molecule has 148 valence electrons. The van der Waals surface area contributed by atoms with Gasteiger partial charge in [-0.05, 0) is 32.3 Å². The van der Waals surface area contributed by atoms with Gasteiger partial charge in [-0.2, -0.15) is 0 Å². The number of benzene rings is 1. The molecule has 2 amide bonds. The number of carbonyl (C=O) groups is 2. The molecule has 0 aliphatic carbocycles. The van der Waals surface area contributed by atoms with Crippen LogP contribution >= 0.6 is 0 Å². The van der Waals surface area contributed by atoms with Crippen LogP contribution in [0, 0.1) is 5.41 Å².